The molecule has 5 nitrogen and oxygen atoms in total. The third-order valence-corrected chi connectivity index (χ3v) is 4.34. The lowest BCUT2D eigenvalue weighted by molar-refractivity contribution is 0.174. The number of aliphatic hydroxyl groups is 1. The summed E-state index contributed by atoms with van der Waals surface area (Å²) < 4.78 is 1.98. The fourth-order valence-electron chi connectivity index (χ4n) is 2.00. The molecule has 104 valence electrons. The van der Waals surface area contributed by atoms with Crippen LogP contribution in [0.25, 0.3) is 5.65 Å². The summed E-state index contributed by atoms with van der Waals surface area (Å²) in [6.45, 7) is 4.28. The number of hydrogen-bond donors (Lipinski definition) is 2. The fourth-order valence-corrected chi connectivity index (χ4v) is 3.17. The van der Waals surface area contributed by atoms with Crippen molar-refractivity contribution >= 4 is 17.4 Å². The van der Waals surface area contributed by atoms with Gasteiger partial charge in [0, 0.05) is 17.0 Å². The van der Waals surface area contributed by atoms with Gasteiger partial charge in [-0.3, -0.25) is 4.40 Å². The Morgan fingerprint density at radius 3 is 2.95 bits per heavy atom. The van der Waals surface area contributed by atoms with Crippen molar-refractivity contribution in [1.29, 1.82) is 0 Å². The molecule has 2 atom stereocenters. The van der Waals surface area contributed by atoms with E-state index in [0.717, 1.165) is 17.2 Å². The van der Waals surface area contributed by atoms with Gasteiger partial charge in [0.05, 0.1) is 6.61 Å². The molecule has 2 N–H and O–H groups in total. The molecule has 0 fully saturated rings. The van der Waals surface area contributed by atoms with Crippen LogP contribution in [0.5, 0.6) is 0 Å². The smallest absolute Gasteiger partial charge is 0.195 e. The molecule has 19 heavy (non-hydrogen) atoms. The number of fused-ring (bicyclic) bond motifs is 1. The number of aliphatic hydroxyl groups excluding tert-OH is 1. The largest absolute Gasteiger partial charge is 0.394 e. The van der Waals surface area contributed by atoms with Crippen molar-refractivity contribution in [3.63, 3.8) is 0 Å². The Hall–Kier alpha value is -1.11. The number of rotatable bonds is 6. The van der Waals surface area contributed by atoms with Crippen LogP contribution in [0.2, 0.25) is 0 Å². The number of aromatic nitrogens is 3. The average molecular weight is 280 g/mol. The number of nitrogens with one attached hydrogen (secondary N) is 1. The number of nitrogens with zero attached hydrogens (tertiary/aromatic N) is 3. The molecular weight excluding hydrogens is 260 g/mol. The molecule has 0 saturated heterocycles. The summed E-state index contributed by atoms with van der Waals surface area (Å²) in [7, 11) is 1.88. The molecule has 0 radical (unpaired) electrons. The lowest BCUT2D eigenvalue weighted by Gasteiger charge is -2.29. The summed E-state index contributed by atoms with van der Waals surface area (Å²) >= 11 is 1.68. The van der Waals surface area contributed by atoms with Crippen LogP contribution in [0, 0.1) is 0 Å². The van der Waals surface area contributed by atoms with Crippen LogP contribution in [0.3, 0.4) is 0 Å². The van der Waals surface area contributed by atoms with E-state index in [4.69, 9.17) is 0 Å². The van der Waals surface area contributed by atoms with Crippen LogP contribution in [0.15, 0.2) is 29.6 Å². The molecule has 0 aromatic carbocycles. The summed E-state index contributed by atoms with van der Waals surface area (Å²) in [5, 5.41) is 22.2. The molecule has 0 bridgehead atoms. The summed E-state index contributed by atoms with van der Waals surface area (Å²) in [5.74, 6) is 0. The lowest BCUT2D eigenvalue weighted by atomic mass is 9.98. The summed E-state index contributed by atoms with van der Waals surface area (Å²) in [5.41, 5.74) is 0.600. The van der Waals surface area contributed by atoms with Gasteiger partial charge < -0.3 is 10.4 Å². The first kappa shape index (κ1) is 14.3. The van der Waals surface area contributed by atoms with E-state index in [1.807, 2.05) is 42.8 Å². The maximum Gasteiger partial charge on any atom is 0.195 e. The lowest BCUT2D eigenvalue weighted by Crippen LogP contribution is -2.45. The van der Waals surface area contributed by atoms with Crippen molar-refractivity contribution in [1.82, 2.24) is 19.9 Å². The third-order valence-electron chi connectivity index (χ3n) is 3.28. The average Bonchev–Trinajstić information content (AvgIpc) is 2.82. The molecule has 2 aromatic heterocycles. The van der Waals surface area contributed by atoms with Crippen LogP contribution < -0.4 is 5.32 Å². The zero-order valence-corrected chi connectivity index (χ0v) is 12.3. The minimum atomic E-state index is -0.257. The van der Waals surface area contributed by atoms with E-state index in [0.29, 0.717) is 5.25 Å². The molecule has 2 aromatic rings. The molecular formula is C13H20N4OS. The van der Waals surface area contributed by atoms with Gasteiger partial charge in [-0.2, -0.15) is 0 Å². The molecule has 0 aliphatic carbocycles. The van der Waals surface area contributed by atoms with E-state index in [2.05, 4.69) is 22.4 Å². The molecule has 0 saturated carbocycles. The highest BCUT2D eigenvalue weighted by Gasteiger charge is 2.25. The Balaban J connectivity index is 2.08. The molecule has 2 rings (SSSR count). The highest BCUT2D eigenvalue weighted by molar-refractivity contribution is 7.99. The Bertz CT molecular complexity index is 538. The standard InChI is InChI=1S/C13H20N4OS/c1-10(8-13(2,9-18)14-3)19-12-16-15-11-6-4-5-7-17(11)12/h4-7,10,14,18H,8-9H2,1-3H3. The van der Waals surface area contributed by atoms with Gasteiger partial charge in [0.25, 0.3) is 0 Å². The van der Waals surface area contributed by atoms with Crippen LogP contribution >= 0.6 is 11.8 Å². The molecule has 6 heteroatoms. The molecule has 0 spiro atoms. The van der Waals surface area contributed by atoms with Gasteiger partial charge >= 0.3 is 0 Å². The minimum Gasteiger partial charge on any atom is -0.394 e. The monoisotopic (exact) mass is 280 g/mol. The zero-order chi connectivity index (χ0) is 13.9. The molecule has 2 unspecified atom stereocenters. The molecule has 2 heterocycles. The summed E-state index contributed by atoms with van der Waals surface area (Å²) in [6.07, 6.45) is 2.82. The van der Waals surface area contributed by atoms with Crippen molar-refractivity contribution in [2.45, 2.75) is 36.2 Å². The van der Waals surface area contributed by atoms with Gasteiger partial charge in [-0.1, -0.05) is 24.8 Å². The highest BCUT2D eigenvalue weighted by Crippen LogP contribution is 2.27. The van der Waals surface area contributed by atoms with Gasteiger partial charge in [-0.25, -0.2) is 0 Å². The van der Waals surface area contributed by atoms with Crippen LogP contribution in [-0.4, -0.2) is 44.1 Å². The van der Waals surface area contributed by atoms with Gasteiger partial charge in [0.15, 0.2) is 10.8 Å². The van der Waals surface area contributed by atoms with E-state index in [9.17, 15) is 5.11 Å². The van der Waals surface area contributed by atoms with E-state index in [1.54, 1.807) is 11.8 Å². The highest BCUT2D eigenvalue weighted by atomic mass is 32.2. The first-order valence-corrected chi connectivity index (χ1v) is 7.22. The predicted molar refractivity (Wildman–Crippen MR) is 77.5 cm³/mol. The van der Waals surface area contributed by atoms with Gasteiger partial charge in [0.2, 0.25) is 0 Å². The second-order valence-corrected chi connectivity index (χ2v) is 6.42. The first-order chi connectivity index (χ1) is 9.08. The maximum absolute atomic E-state index is 9.43. The van der Waals surface area contributed by atoms with Crippen molar-refractivity contribution in [2.75, 3.05) is 13.7 Å². The summed E-state index contributed by atoms with van der Waals surface area (Å²) in [6, 6.07) is 5.86. The Labute approximate surface area is 117 Å². The number of thioether (sulfide) groups is 1. The predicted octanol–water partition coefficient (Wildman–Crippen LogP) is 1.57. The number of pyridine rings is 1. The molecule has 0 amide bonds. The SMILES string of the molecule is CNC(C)(CO)CC(C)Sc1nnc2ccccn12. The zero-order valence-electron chi connectivity index (χ0n) is 11.5. The van der Waals surface area contributed by atoms with E-state index in [1.165, 1.54) is 0 Å². The molecule has 0 aliphatic heterocycles. The minimum absolute atomic E-state index is 0.120. The third kappa shape index (κ3) is 3.26. The molecule has 0 aliphatic rings. The fraction of sp³-hybridized carbons (Fsp3) is 0.538. The quantitative estimate of drug-likeness (QED) is 0.787. The van der Waals surface area contributed by atoms with E-state index >= 15 is 0 Å². The second kappa shape index (κ2) is 5.90. The van der Waals surface area contributed by atoms with E-state index in [-0.39, 0.29) is 12.1 Å². The van der Waals surface area contributed by atoms with Crippen molar-refractivity contribution in [2.24, 2.45) is 0 Å². The van der Waals surface area contributed by atoms with Crippen LogP contribution in [0.4, 0.5) is 0 Å². The van der Waals surface area contributed by atoms with Crippen molar-refractivity contribution < 1.29 is 5.11 Å². The van der Waals surface area contributed by atoms with Gasteiger partial charge in [0.1, 0.15) is 0 Å². The van der Waals surface area contributed by atoms with Crippen molar-refractivity contribution in [3.05, 3.63) is 24.4 Å². The van der Waals surface area contributed by atoms with Gasteiger partial charge in [-0.05, 0) is 32.5 Å². The Morgan fingerprint density at radius 2 is 2.26 bits per heavy atom. The number of hydrogen-bond acceptors (Lipinski definition) is 5. The van der Waals surface area contributed by atoms with Crippen LogP contribution in [-0.2, 0) is 0 Å². The normalized spacial score (nSPS) is 16.4. The topological polar surface area (TPSA) is 62.5 Å². The Kier molecular flexibility index (Phi) is 4.44. The van der Waals surface area contributed by atoms with E-state index < -0.39 is 0 Å². The van der Waals surface area contributed by atoms with Crippen molar-refractivity contribution in [3.8, 4) is 0 Å². The number of likely N-dealkylation sites (N-methyl/N-ethyl adjacent to an activating group) is 1. The van der Waals surface area contributed by atoms with Gasteiger partial charge in [-0.15, -0.1) is 10.2 Å². The first-order valence-electron chi connectivity index (χ1n) is 6.34. The Morgan fingerprint density at radius 1 is 1.47 bits per heavy atom. The van der Waals surface area contributed by atoms with Crippen LogP contribution in [0.1, 0.15) is 20.3 Å². The second-order valence-electron chi connectivity index (χ2n) is 5.01. The maximum atomic E-state index is 9.43. The summed E-state index contributed by atoms with van der Waals surface area (Å²) in [4.78, 5) is 0.